The maximum atomic E-state index is 13.3. The lowest BCUT2D eigenvalue weighted by atomic mass is 9.81. The molecule has 2 heterocycles. The van der Waals surface area contributed by atoms with Crippen molar-refractivity contribution in [2.24, 2.45) is 11.7 Å². The van der Waals surface area contributed by atoms with Crippen LogP contribution >= 0.6 is 0 Å². The van der Waals surface area contributed by atoms with Crippen molar-refractivity contribution < 1.29 is 9.13 Å². The lowest BCUT2D eigenvalue weighted by Gasteiger charge is -2.25. The van der Waals surface area contributed by atoms with Gasteiger partial charge in [0.2, 0.25) is 0 Å². The van der Waals surface area contributed by atoms with Gasteiger partial charge in [-0.2, -0.15) is 0 Å². The third-order valence-electron chi connectivity index (χ3n) is 4.47. The van der Waals surface area contributed by atoms with Crippen molar-refractivity contribution in [1.82, 2.24) is 0 Å². The fourth-order valence-corrected chi connectivity index (χ4v) is 3.39. The van der Waals surface area contributed by atoms with Crippen LogP contribution in [0, 0.1) is 18.7 Å². The minimum Gasteiger partial charge on any atom is -0.375 e. The summed E-state index contributed by atoms with van der Waals surface area (Å²) in [7, 11) is 0. The van der Waals surface area contributed by atoms with Crippen LogP contribution < -0.4 is 5.73 Å². The number of halogens is 1. The summed E-state index contributed by atoms with van der Waals surface area (Å²) in [4.78, 5) is 0. The highest BCUT2D eigenvalue weighted by atomic mass is 19.1. The van der Waals surface area contributed by atoms with Crippen LogP contribution in [0.15, 0.2) is 18.2 Å². The first-order chi connectivity index (χ1) is 8.63. The average molecular weight is 249 g/mol. The Balaban J connectivity index is 1.70. The average Bonchev–Trinajstić information content (AvgIpc) is 2.96. The number of benzene rings is 1. The van der Waals surface area contributed by atoms with Gasteiger partial charge in [-0.1, -0.05) is 6.07 Å². The highest BCUT2D eigenvalue weighted by Gasteiger charge is 2.43. The van der Waals surface area contributed by atoms with Crippen molar-refractivity contribution in [3.63, 3.8) is 0 Å². The Morgan fingerprint density at radius 2 is 2.28 bits per heavy atom. The maximum Gasteiger partial charge on any atom is 0.123 e. The predicted octanol–water partition coefficient (Wildman–Crippen LogP) is 2.57. The van der Waals surface area contributed by atoms with E-state index in [1.807, 2.05) is 13.0 Å². The molecule has 2 fully saturated rings. The first-order valence-corrected chi connectivity index (χ1v) is 6.79. The maximum absolute atomic E-state index is 13.3. The molecule has 3 heteroatoms. The Morgan fingerprint density at radius 3 is 2.94 bits per heavy atom. The summed E-state index contributed by atoms with van der Waals surface area (Å²) in [6.07, 6.45) is 4.94. The molecule has 0 spiro atoms. The molecule has 2 aliphatic rings. The van der Waals surface area contributed by atoms with Crippen LogP contribution in [-0.4, -0.2) is 18.2 Å². The van der Waals surface area contributed by atoms with E-state index in [1.165, 1.54) is 12.5 Å². The topological polar surface area (TPSA) is 35.2 Å². The standard InChI is InChI=1S/C15H20FNO/c1-9-2-3-11(16)6-10(9)7-14(17)13-8-12-4-5-15(13)18-12/h2-3,6,12-15H,4-5,7-8,17H2,1H3. The van der Waals surface area contributed by atoms with Gasteiger partial charge in [0.05, 0.1) is 12.2 Å². The number of nitrogens with two attached hydrogens (primary N) is 1. The fourth-order valence-electron chi connectivity index (χ4n) is 3.39. The summed E-state index contributed by atoms with van der Waals surface area (Å²) in [6.45, 7) is 2.01. The molecule has 2 saturated heterocycles. The molecule has 0 aliphatic carbocycles. The van der Waals surface area contributed by atoms with Crippen molar-refractivity contribution in [2.45, 2.75) is 50.9 Å². The van der Waals surface area contributed by atoms with Crippen molar-refractivity contribution in [2.75, 3.05) is 0 Å². The summed E-state index contributed by atoms with van der Waals surface area (Å²) in [5.74, 6) is 0.276. The third-order valence-corrected chi connectivity index (χ3v) is 4.47. The van der Waals surface area contributed by atoms with E-state index in [9.17, 15) is 4.39 Å². The molecule has 0 saturated carbocycles. The van der Waals surface area contributed by atoms with Crippen molar-refractivity contribution in [1.29, 1.82) is 0 Å². The van der Waals surface area contributed by atoms with Crippen molar-refractivity contribution >= 4 is 0 Å². The van der Waals surface area contributed by atoms with Gasteiger partial charge in [-0.3, -0.25) is 0 Å². The molecular formula is C15H20FNO. The highest BCUT2D eigenvalue weighted by Crippen LogP contribution is 2.40. The Labute approximate surface area is 107 Å². The van der Waals surface area contributed by atoms with Gasteiger partial charge in [-0.05, 0) is 55.9 Å². The van der Waals surface area contributed by atoms with E-state index in [4.69, 9.17) is 10.5 Å². The summed E-state index contributed by atoms with van der Waals surface area (Å²) < 4.78 is 19.1. The highest BCUT2D eigenvalue weighted by molar-refractivity contribution is 5.27. The Kier molecular flexibility index (Phi) is 3.12. The molecule has 4 unspecified atom stereocenters. The zero-order valence-electron chi connectivity index (χ0n) is 10.7. The minimum absolute atomic E-state index is 0.0841. The lowest BCUT2D eigenvalue weighted by Crippen LogP contribution is -2.38. The molecule has 1 aromatic rings. The van der Waals surface area contributed by atoms with E-state index < -0.39 is 0 Å². The van der Waals surface area contributed by atoms with Gasteiger partial charge in [-0.15, -0.1) is 0 Å². The second-order valence-electron chi connectivity index (χ2n) is 5.71. The van der Waals surface area contributed by atoms with Crippen LogP contribution in [0.4, 0.5) is 4.39 Å². The Morgan fingerprint density at radius 1 is 1.44 bits per heavy atom. The van der Waals surface area contributed by atoms with Gasteiger partial charge in [0.25, 0.3) is 0 Å². The summed E-state index contributed by atoms with van der Waals surface area (Å²) in [5, 5.41) is 0. The van der Waals surface area contributed by atoms with E-state index in [2.05, 4.69) is 0 Å². The van der Waals surface area contributed by atoms with E-state index in [1.54, 1.807) is 6.07 Å². The first-order valence-electron chi connectivity index (χ1n) is 6.79. The molecule has 0 radical (unpaired) electrons. The van der Waals surface area contributed by atoms with Crippen LogP contribution in [0.1, 0.15) is 30.4 Å². The molecule has 0 aromatic heterocycles. The fraction of sp³-hybridized carbons (Fsp3) is 0.600. The molecule has 3 rings (SSSR count). The molecule has 2 nitrogen and oxygen atoms in total. The molecule has 1 aromatic carbocycles. The molecule has 0 amide bonds. The first kappa shape index (κ1) is 12.1. The van der Waals surface area contributed by atoms with E-state index in [0.29, 0.717) is 18.1 Å². The van der Waals surface area contributed by atoms with Gasteiger partial charge < -0.3 is 10.5 Å². The van der Waals surface area contributed by atoms with Crippen molar-refractivity contribution in [3.05, 3.63) is 35.1 Å². The van der Waals surface area contributed by atoms with E-state index >= 15 is 0 Å². The number of fused-ring (bicyclic) bond motifs is 2. The summed E-state index contributed by atoms with van der Waals surface area (Å²) in [5.41, 5.74) is 8.47. The largest absolute Gasteiger partial charge is 0.375 e. The zero-order valence-corrected chi connectivity index (χ0v) is 10.7. The second-order valence-corrected chi connectivity index (χ2v) is 5.71. The normalized spacial score (nSPS) is 31.8. The lowest BCUT2D eigenvalue weighted by molar-refractivity contribution is 0.0885. The molecule has 4 atom stereocenters. The SMILES string of the molecule is Cc1ccc(F)cc1CC(N)C1CC2CCC1O2. The van der Waals surface area contributed by atoms with Gasteiger partial charge >= 0.3 is 0 Å². The predicted molar refractivity (Wildman–Crippen MR) is 68.8 cm³/mol. The zero-order chi connectivity index (χ0) is 12.7. The molecule has 98 valence electrons. The molecule has 18 heavy (non-hydrogen) atoms. The Bertz CT molecular complexity index is 448. The van der Waals surface area contributed by atoms with E-state index in [-0.39, 0.29) is 11.9 Å². The summed E-state index contributed by atoms with van der Waals surface area (Å²) >= 11 is 0. The monoisotopic (exact) mass is 249 g/mol. The Hall–Kier alpha value is -0.930. The summed E-state index contributed by atoms with van der Waals surface area (Å²) in [6, 6.07) is 5.03. The van der Waals surface area contributed by atoms with Gasteiger partial charge in [0.15, 0.2) is 0 Å². The van der Waals surface area contributed by atoms with Crippen LogP contribution in [0.3, 0.4) is 0 Å². The molecule has 2 bridgehead atoms. The van der Waals surface area contributed by atoms with Crippen molar-refractivity contribution in [3.8, 4) is 0 Å². The number of hydrogen-bond acceptors (Lipinski definition) is 2. The smallest absolute Gasteiger partial charge is 0.123 e. The van der Waals surface area contributed by atoms with Gasteiger partial charge in [0, 0.05) is 12.0 Å². The number of aryl methyl sites for hydroxylation is 1. The van der Waals surface area contributed by atoms with Crippen LogP contribution in [-0.2, 0) is 11.2 Å². The quantitative estimate of drug-likeness (QED) is 0.893. The number of ether oxygens (including phenoxy) is 1. The van der Waals surface area contributed by atoms with Gasteiger partial charge in [0.1, 0.15) is 5.82 Å². The second kappa shape index (κ2) is 4.63. The molecule has 2 aliphatic heterocycles. The third kappa shape index (κ3) is 2.17. The molecule has 2 N–H and O–H groups in total. The van der Waals surface area contributed by atoms with E-state index in [0.717, 1.165) is 30.4 Å². The van der Waals surface area contributed by atoms with Crippen LogP contribution in [0.2, 0.25) is 0 Å². The molecular weight excluding hydrogens is 229 g/mol. The van der Waals surface area contributed by atoms with Crippen LogP contribution in [0.25, 0.3) is 0 Å². The number of hydrogen-bond donors (Lipinski definition) is 1. The van der Waals surface area contributed by atoms with Gasteiger partial charge in [-0.25, -0.2) is 4.39 Å². The minimum atomic E-state index is -0.174. The number of rotatable bonds is 3. The van der Waals surface area contributed by atoms with Crippen LogP contribution in [0.5, 0.6) is 0 Å².